The van der Waals surface area contributed by atoms with Crippen LogP contribution in [-0.4, -0.2) is 12.1 Å². The van der Waals surface area contributed by atoms with Crippen LogP contribution in [0, 0.1) is 0 Å². The highest BCUT2D eigenvalue weighted by Crippen LogP contribution is 2.11. The largest absolute Gasteiger partial charge is 0.497 e. The van der Waals surface area contributed by atoms with E-state index in [1.165, 1.54) is 5.56 Å². The van der Waals surface area contributed by atoms with Crippen molar-refractivity contribution in [3.05, 3.63) is 35.9 Å². The van der Waals surface area contributed by atoms with Crippen molar-refractivity contribution in [1.82, 2.24) is 0 Å². The maximum Gasteiger partial charge on any atom is 0.118 e. The van der Waals surface area contributed by atoms with Crippen molar-refractivity contribution in [3.63, 3.8) is 0 Å². The molecule has 0 saturated heterocycles. The first-order chi connectivity index (χ1) is 5.86. The Morgan fingerprint density at radius 2 is 2.08 bits per heavy atom. The standard InChI is InChI=1S/C10H10OS/c1-11-10-6-4-9(5-7-10)3-2-8-12/h2,4-7H,3H2,1H3. The summed E-state index contributed by atoms with van der Waals surface area (Å²) in [5.41, 5.74) is 1.22. The third-order valence-electron chi connectivity index (χ3n) is 1.58. The molecule has 0 atom stereocenters. The first kappa shape index (κ1) is 8.98. The first-order valence-electron chi connectivity index (χ1n) is 3.69. The predicted octanol–water partition coefficient (Wildman–Crippen LogP) is 2.39. The number of thiocarbonyl (C=S) groups is 1. The highest BCUT2D eigenvalue weighted by Gasteiger charge is 1.90. The Labute approximate surface area is 77.7 Å². The molecular weight excluding hydrogens is 168 g/mol. The van der Waals surface area contributed by atoms with Gasteiger partial charge in [-0.25, -0.2) is 0 Å². The van der Waals surface area contributed by atoms with Crippen molar-refractivity contribution in [3.8, 4) is 5.75 Å². The Balaban J connectivity index is 2.70. The van der Waals surface area contributed by atoms with Crippen molar-refractivity contribution < 1.29 is 4.74 Å². The van der Waals surface area contributed by atoms with E-state index in [-0.39, 0.29) is 0 Å². The third kappa shape index (κ3) is 2.50. The normalized spacial score (nSPS) is 8.75. The molecule has 2 heteroatoms. The topological polar surface area (TPSA) is 9.23 Å². The summed E-state index contributed by atoms with van der Waals surface area (Å²) in [6, 6.07) is 7.91. The second kappa shape index (κ2) is 4.70. The summed E-state index contributed by atoms with van der Waals surface area (Å²) in [4.78, 5) is 0. The lowest BCUT2D eigenvalue weighted by Gasteiger charge is -1.99. The Bertz CT molecular complexity index is 283. The lowest BCUT2D eigenvalue weighted by atomic mass is 10.1. The van der Waals surface area contributed by atoms with Crippen molar-refractivity contribution in [2.75, 3.05) is 7.11 Å². The predicted molar refractivity (Wildman–Crippen MR) is 53.9 cm³/mol. The molecule has 1 nitrogen and oxygen atoms in total. The van der Waals surface area contributed by atoms with E-state index in [2.05, 4.69) is 17.2 Å². The average Bonchev–Trinajstić information content (AvgIpc) is 2.15. The summed E-state index contributed by atoms with van der Waals surface area (Å²) < 4.78 is 5.03. The molecule has 62 valence electrons. The van der Waals surface area contributed by atoms with Crippen LogP contribution >= 0.6 is 12.2 Å². The van der Waals surface area contributed by atoms with Crippen LogP contribution < -0.4 is 4.74 Å². The average molecular weight is 178 g/mol. The summed E-state index contributed by atoms with van der Waals surface area (Å²) in [6.07, 6.45) is 2.67. The van der Waals surface area contributed by atoms with Crippen molar-refractivity contribution in [2.24, 2.45) is 0 Å². The van der Waals surface area contributed by atoms with E-state index in [0.717, 1.165) is 12.2 Å². The van der Waals surface area contributed by atoms with Gasteiger partial charge in [0.15, 0.2) is 0 Å². The quantitative estimate of drug-likeness (QED) is 0.657. The highest BCUT2D eigenvalue weighted by molar-refractivity contribution is 7.78. The number of allylic oxidation sites excluding steroid dienone is 1. The van der Waals surface area contributed by atoms with E-state index >= 15 is 0 Å². The molecule has 1 rings (SSSR count). The van der Waals surface area contributed by atoms with Crippen molar-refractivity contribution in [1.29, 1.82) is 0 Å². The Hall–Kier alpha value is -1.11. The zero-order valence-electron chi connectivity index (χ0n) is 6.91. The van der Waals surface area contributed by atoms with E-state index in [4.69, 9.17) is 4.74 Å². The molecule has 0 N–H and O–H groups in total. The number of rotatable bonds is 3. The van der Waals surface area contributed by atoms with Crippen molar-refractivity contribution in [2.45, 2.75) is 6.42 Å². The Kier molecular flexibility index (Phi) is 3.52. The molecule has 0 unspecified atom stereocenters. The number of hydrogen-bond donors (Lipinski definition) is 0. The minimum Gasteiger partial charge on any atom is -0.497 e. The smallest absolute Gasteiger partial charge is 0.118 e. The molecule has 0 aliphatic rings. The van der Waals surface area contributed by atoms with Gasteiger partial charge in [-0.1, -0.05) is 17.2 Å². The molecule has 0 fully saturated rings. The fourth-order valence-corrected chi connectivity index (χ4v) is 1.00. The number of methoxy groups -OCH3 is 1. The van der Waals surface area contributed by atoms with Gasteiger partial charge >= 0.3 is 0 Å². The fraction of sp³-hybridized carbons (Fsp3) is 0.200. The number of hydrogen-bond acceptors (Lipinski definition) is 2. The van der Waals surface area contributed by atoms with Gasteiger partial charge in [0.2, 0.25) is 0 Å². The Morgan fingerprint density at radius 1 is 1.42 bits per heavy atom. The lowest BCUT2D eigenvalue weighted by molar-refractivity contribution is 0.414. The van der Waals surface area contributed by atoms with Crippen molar-refractivity contribution >= 4 is 17.2 Å². The monoisotopic (exact) mass is 178 g/mol. The van der Waals surface area contributed by atoms with Gasteiger partial charge < -0.3 is 4.74 Å². The zero-order valence-corrected chi connectivity index (χ0v) is 7.73. The minimum absolute atomic E-state index is 0.841. The molecule has 0 aliphatic carbocycles. The molecule has 0 heterocycles. The molecule has 0 saturated carbocycles. The van der Waals surface area contributed by atoms with Crippen LogP contribution in [0.25, 0.3) is 0 Å². The number of ether oxygens (including phenoxy) is 1. The molecule has 0 spiro atoms. The van der Waals surface area contributed by atoms with E-state index in [9.17, 15) is 0 Å². The lowest BCUT2D eigenvalue weighted by Crippen LogP contribution is -1.84. The second-order valence-electron chi connectivity index (χ2n) is 2.37. The molecule has 0 radical (unpaired) electrons. The van der Waals surface area contributed by atoms with E-state index in [1.54, 1.807) is 7.11 Å². The minimum atomic E-state index is 0.841. The van der Waals surface area contributed by atoms with Gasteiger partial charge in [-0.15, -0.1) is 0 Å². The van der Waals surface area contributed by atoms with Crippen LogP contribution in [0.5, 0.6) is 5.75 Å². The summed E-state index contributed by atoms with van der Waals surface area (Å²) in [7, 11) is 1.66. The van der Waals surface area contributed by atoms with Gasteiger partial charge in [-0.05, 0) is 42.4 Å². The SMILES string of the molecule is COc1ccc(CC=C=S)cc1. The first-order valence-corrected chi connectivity index (χ1v) is 4.10. The molecule has 12 heavy (non-hydrogen) atoms. The molecule has 0 aliphatic heterocycles. The summed E-state index contributed by atoms with van der Waals surface area (Å²) in [5.74, 6) is 0.880. The molecule has 0 bridgehead atoms. The van der Waals surface area contributed by atoms with Crippen LogP contribution in [0.4, 0.5) is 0 Å². The number of benzene rings is 1. The van der Waals surface area contributed by atoms with Gasteiger partial charge in [0.25, 0.3) is 0 Å². The van der Waals surface area contributed by atoms with Gasteiger partial charge in [0.05, 0.1) is 7.11 Å². The molecule has 1 aromatic carbocycles. The molecule has 0 amide bonds. The van der Waals surface area contributed by atoms with E-state index < -0.39 is 0 Å². The highest BCUT2D eigenvalue weighted by atomic mass is 32.1. The summed E-state index contributed by atoms with van der Waals surface area (Å²) in [6.45, 7) is 0. The van der Waals surface area contributed by atoms with E-state index in [0.29, 0.717) is 0 Å². The van der Waals surface area contributed by atoms with Gasteiger partial charge in [0, 0.05) is 0 Å². The Morgan fingerprint density at radius 3 is 2.58 bits per heavy atom. The van der Waals surface area contributed by atoms with Crippen LogP contribution in [0.3, 0.4) is 0 Å². The molecule has 0 aromatic heterocycles. The summed E-state index contributed by atoms with van der Waals surface area (Å²) >= 11 is 4.57. The van der Waals surface area contributed by atoms with Crippen LogP contribution in [0.2, 0.25) is 0 Å². The third-order valence-corrected chi connectivity index (χ3v) is 1.75. The second-order valence-corrected chi connectivity index (χ2v) is 2.61. The van der Waals surface area contributed by atoms with Crippen LogP contribution in [0.15, 0.2) is 30.3 Å². The van der Waals surface area contributed by atoms with Gasteiger partial charge in [-0.3, -0.25) is 0 Å². The van der Waals surface area contributed by atoms with Gasteiger partial charge in [-0.2, -0.15) is 0 Å². The van der Waals surface area contributed by atoms with Crippen LogP contribution in [-0.2, 0) is 6.42 Å². The van der Waals surface area contributed by atoms with Gasteiger partial charge in [0.1, 0.15) is 5.75 Å². The van der Waals surface area contributed by atoms with Crippen LogP contribution in [0.1, 0.15) is 5.56 Å². The summed E-state index contributed by atoms with van der Waals surface area (Å²) in [5, 5.41) is 2.57. The molecule has 1 aromatic rings. The zero-order chi connectivity index (χ0) is 8.81. The van der Waals surface area contributed by atoms with E-state index in [1.807, 2.05) is 30.3 Å². The maximum absolute atomic E-state index is 5.03. The fourth-order valence-electron chi connectivity index (χ4n) is 0.921. The molecular formula is C10H10OS. The maximum atomic E-state index is 5.03.